The molecule has 1 fully saturated rings. The van der Waals surface area contributed by atoms with Crippen LogP contribution in [-0.4, -0.2) is 67.8 Å². The Bertz CT molecular complexity index is 540. The number of hydrogen-bond acceptors (Lipinski definition) is 6. The van der Waals surface area contributed by atoms with E-state index in [9.17, 15) is 9.59 Å². The van der Waals surface area contributed by atoms with Gasteiger partial charge in [0.15, 0.2) is 0 Å². The van der Waals surface area contributed by atoms with E-state index in [-0.39, 0.29) is 24.5 Å². The van der Waals surface area contributed by atoms with Crippen molar-refractivity contribution in [3.63, 3.8) is 0 Å². The fraction of sp³-hybridized carbons (Fsp3) is 0.562. The SMILES string of the molecule is COCC(C)NC(=O)NC(=O)CN1CCNCC1c1cccnc1. The van der Waals surface area contributed by atoms with Crippen molar-refractivity contribution in [3.05, 3.63) is 30.1 Å². The lowest BCUT2D eigenvalue weighted by molar-refractivity contribution is -0.122. The van der Waals surface area contributed by atoms with Gasteiger partial charge in [0.05, 0.1) is 19.2 Å². The number of aromatic nitrogens is 1. The highest BCUT2D eigenvalue weighted by atomic mass is 16.5. The van der Waals surface area contributed by atoms with Crippen LogP contribution in [0.25, 0.3) is 0 Å². The molecule has 8 heteroatoms. The number of amides is 3. The van der Waals surface area contributed by atoms with Crippen molar-refractivity contribution in [1.29, 1.82) is 0 Å². The van der Waals surface area contributed by atoms with Crippen LogP contribution in [0.2, 0.25) is 0 Å². The normalized spacial score (nSPS) is 19.5. The highest BCUT2D eigenvalue weighted by Gasteiger charge is 2.26. The summed E-state index contributed by atoms with van der Waals surface area (Å²) in [5.41, 5.74) is 1.05. The average Bonchev–Trinajstić information content (AvgIpc) is 2.56. The molecular formula is C16H25N5O3. The third-order valence-corrected chi connectivity index (χ3v) is 3.82. The number of carbonyl (C=O) groups excluding carboxylic acids is 2. The molecule has 132 valence electrons. The van der Waals surface area contributed by atoms with Crippen molar-refractivity contribution in [2.45, 2.75) is 19.0 Å². The monoisotopic (exact) mass is 335 g/mol. The standard InChI is InChI=1S/C16H25N5O3/c1-12(11-24-2)19-16(23)20-15(22)10-21-7-6-18-9-14(21)13-4-3-5-17-8-13/h3-5,8,12,14,18H,6-7,9-11H2,1-2H3,(H2,19,20,22,23). The number of urea groups is 1. The highest BCUT2D eigenvalue weighted by molar-refractivity contribution is 5.95. The van der Waals surface area contributed by atoms with Crippen LogP contribution in [-0.2, 0) is 9.53 Å². The summed E-state index contributed by atoms with van der Waals surface area (Å²) in [7, 11) is 1.56. The lowest BCUT2D eigenvalue weighted by atomic mass is 10.1. The van der Waals surface area contributed by atoms with Gasteiger partial charge in [0.25, 0.3) is 0 Å². The van der Waals surface area contributed by atoms with Crippen LogP contribution in [0.1, 0.15) is 18.5 Å². The van der Waals surface area contributed by atoms with Gasteiger partial charge in [0.1, 0.15) is 0 Å². The summed E-state index contributed by atoms with van der Waals surface area (Å²) in [5, 5.41) is 8.34. The zero-order valence-electron chi connectivity index (χ0n) is 14.1. The van der Waals surface area contributed by atoms with Crippen LogP contribution in [0.15, 0.2) is 24.5 Å². The molecule has 8 nitrogen and oxygen atoms in total. The minimum Gasteiger partial charge on any atom is -0.383 e. The Morgan fingerprint density at radius 2 is 2.38 bits per heavy atom. The molecular weight excluding hydrogens is 310 g/mol. The molecule has 3 N–H and O–H groups in total. The molecule has 0 aromatic carbocycles. The molecule has 0 radical (unpaired) electrons. The summed E-state index contributed by atoms with van der Waals surface area (Å²) in [6, 6.07) is 3.28. The molecule has 0 saturated carbocycles. The highest BCUT2D eigenvalue weighted by Crippen LogP contribution is 2.20. The van der Waals surface area contributed by atoms with E-state index in [0.29, 0.717) is 6.61 Å². The van der Waals surface area contributed by atoms with Crippen LogP contribution >= 0.6 is 0 Å². The van der Waals surface area contributed by atoms with Crippen molar-refractivity contribution in [2.24, 2.45) is 0 Å². The maximum absolute atomic E-state index is 12.2. The lowest BCUT2D eigenvalue weighted by Gasteiger charge is -2.35. The molecule has 1 aliphatic rings. The molecule has 3 amide bonds. The summed E-state index contributed by atoms with van der Waals surface area (Å²) in [6.07, 6.45) is 3.53. The Kier molecular flexibility index (Phi) is 7.10. The van der Waals surface area contributed by atoms with Crippen molar-refractivity contribution in [3.8, 4) is 0 Å². The van der Waals surface area contributed by atoms with E-state index >= 15 is 0 Å². The third kappa shape index (κ3) is 5.55. The second-order valence-electron chi connectivity index (χ2n) is 5.85. The van der Waals surface area contributed by atoms with Gasteiger partial charge in [0.2, 0.25) is 5.91 Å². The molecule has 1 saturated heterocycles. The first kappa shape index (κ1) is 18.3. The predicted octanol–water partition coefficient (Wildman–Crippen LogP) is -0.111. The van der Waals surface area contributed by atoms with E-state index in [2.05, 4.69) is 25.8 Å². The Balaban J connectivity index is 1.88. The summed E-state index contributed by atoms with van der Waals surface area (Å²) in [4.78, 5) is 30.1. The minimum atomic E-state index is -0.502. The first-order valence-corrected chi connectivity index (χ1v) is 8.04. The molecule has 2 heterocycles. The summed E-state index contributed by atoms with van der Waals surface area (Å²) >= 11 is 0. The number of imide groups is 1. The average molecular weight is 335 g/mol. The van der Waals surface area contributed by atoms with Gasteiger partial charge < -0.3 is 15.4 Å². The third-order valence-electron chi connectivity index (χ3n) is 3.82. The summed E-state index contributed by atoms with van der Waals surface area (Å²) < 4.78 is 4.95. The number of pyridine rings is 1. The Hall–Kier alpha value is -2.03. The van der Waals surface area contributed by atoms with Gasteiger partial charge in [-0.15, -0.1) is 0 Å². The molecule has 1 aromatic heterocycles. The van der Waals surface area contributed by atoms with Gasteiger partial charge in [-0.2, -0.15) is 0 Å². The molecule has 2 rings (SSSR count). The smallest absolute Gasteiger partial charge is 0.321 e. The van der Waals surface area contributed by atoms with Crippen LogP contribution in [0.3, 0.4) is 0 Å². The number of piperazine rings is 1. The summed E-state index contributed by atoms with van der Waals surface area (Å²) in [5.74, 6) is -0.326. The molecule has 1 aromatic rings. The van der Waals surface area contributed by atoms with E-state index in [1.54, 1.807) is 13.3 Å². The second kappa shape index (κ2) is 9.31. The lowest BCUT2D eigenvalue weighted by Crippen LogP contribution is -2.52. The van der Waals surface area contributed by atoms with Crippen molar-refractivity contribution < 1.29 is 14.3 Å². The molecule has 2 atom stereocenters. The minimum absolute atomic E-state index is 0.0636. The first-order chi connectivity index (χ1) is 11.6. The quantitative estimate of drug-likeness (QED) is 0.671. The zero-order valence-corrected chi connectivity index (χ0v) is 14.1. The van der Waals surface area contributed by atoms with Crippen LogP contribution in [0.5, 0.6) is 0 Å². The van der Waals surface area contributed by atoms with Crippen molar-refractivity contribution in [2.75, 3.05) is 39.9 Å². The van der Waals surface area contributed by atoms with E-state index < -0.39 is 6.03 Å². The van der Waals surface area contributed by atoms with E-state index in [1.165, 1.54) is 0 Å². The van der Waals surface area contributed by atoms with Gasteiger partial charge >= 0.3 is 6.03 Å². The summed E-state index contributed by atoms with van der Waals surface area (Å²) in [6.45, 7) is 4.64. The Morgan fingerprint density at radius 1 is 1.54 bits per heavy atom. The number of nitrogens with zero attached hydrogens (tertiary/aromatic N) is 2. The molecule has 0 aliphatic carbocycles. The van der Waals surface area contributed by atoms with Crippen LogP contribution in [0.4, 0.5) is 4.79 Å². The number of methoxy groups -OCH3 is 1. The van der Waals surface area contributed by atoms with E-state index in [1.807, 2.05) is 25.3 Å². The molecule has 0 bridgehead atoms. The van der Waals surface area contributed by atoms with Crippen molar-refractivity contribution in [1.82, 2.24) is 25.8 Å². The number of ether oxygens (including phenoxy) is 1. The van der Waals surface area contributed by atoms with Crippen molar-refractivity contribution >= 4 is 11.9 Å². The largest absolute Gasteiger partial charge is 0.383 e. The fourth-order valence-electron chi connectivity index (χ4n) is 2.74. The number of hydrogen-bond donors (Lipinski definition) is 3. The van der Waals surface area contributed by atoms with Gasteiger partial charge in [-0.3, -0.25) is 20.0 Å². The maximum Gasteiger partial charge on any atom is 0.321 e. The molecule has 2 unspecified atom stereocenters. The fourth-order valence-corrected chi connectivity index (χ4v) is 2.74. The zero-order chi connectivity index (χ0) is 17.4. The molecule has 24 heavy (non-hydrogen) atoms. The maximum atomic E-state index is 12.2. The van der Waals surface area contributed by atoms with E-state index in [4.69, 9.17) is 4.74 Å². The number of carbonyl (C=O) groups is 2. The van der Waals surface area contributed by atoms with Crippen LogP contribution in [0, 0.1) is 0 Å². The van der Waals surface area contributed by atoms with Gasteiger partial charge in [0, 0.05) is 45.2 Å². The van der Waals surface area contributed by atoms with Crippen LogP contribution < -0.4 is 16.0 Å². The van der Waals surface area contributed by atoms with Gasteiger partial charge in [-0.1, -0.05) is 6.07 Å². The van der Waals surface area contributed by atoms with Gasteiger partial charge in [-0.25, -0.2) is 4.79 Å². The number of nitrogens with one attached hydrogen (secondary N) is 3. The van der Waals surface area contributed by atoms with E-state index in [0.717, 1.165) is 25.2 Å². The Morgan fingerprint density at radius 3 is 3.08 bits per heavy atom. The molecule has 1 aliphatic heterocycles. The number of rotatable bonds is 6. The second-order valence-corrected chi connectivity index (χ2v) is 5.85. The van der Waals surface area contributed by atoms with Gasteiger partial charge in [-0.05, 0) is 18.6 Å². The Labute approximate surface area is 142 Å². The first-order valence-electron chi connectivity index (χ1n) is 8.04. The molecule has 0 spiro atoms. The topological polar surface area (TPSA) is 95.6 Å². The predicted molar refractivity (Wildman–Crippen MR) is 89.4 cm³/mol.